The summed E-state index contributed by atoms with van der Waals surface area (Å²) < 4.78 is 4.43. The molecule has 0 spiro atoms. The molecule has 0 heterocycles. The van der Waals surface area contributed by atoms with E-state index in [4.69, 9.17) is 15.3 Å². The van der Waals surface area contributed by atoms with Gasteiger partial charge in [-0.15, -0.1) is 0 Å². The van der Waals surface area contributed by atoms with Gasteiger partial charge in [-0.1, -0.05) is 0 Å². The fourth-order valence-electron chi connectivity index (χ4n) is 0.523. The fraction of sp³-hybridized carbons (Fsp3) is 0.636. The topological polar surface area (TPSA) is 138 Å². The minimum Gasteiger partial charge on any atom is -0.481 e. The number of carboxylic acids is 1. The first-order valence-electron chi connectivity index (χ1n) is 5.38. The first-order valence-corrected chi connectivity index (χ1v) is 5.38. The maximum absolute atomic E-state index is 10.7. The number of carboxylic acid groups (broad SMARTS) is 1. The molecule has 0 aromatic carbocycles. The highest BCUT2D eigenvalue weighted by Gasteiger charge is 2.09. The Balaban J connectivity index is 0. The summed E-state index contributed by atoms with van der Waals surface area (Å²) in [5, 5.41) is 25.3. The largest absolute Gasteiger partial charge is 0.481 e. The van der Waals surface area contributed by atoms with Crippen LogP contribution < -0.4 is 0 Å². The van der Waals surface area contributed by atoms with Gasteiger partial charge in [0, 0.05) is 13.8 Å². The van der Waals surface area contributed by atoms with Gasteiger partial charge in [0.25, 0.3) is 0 Å². The lowest BCUT2D eigenvalue weighted by atomic mass is 10.3. The van der Waals surface area contributed by atoms with Crippen molar-refractivity contribution in [3.63, 3.8) is 0 Å². The molecule has 0 fully saturated rings. The number of esters is 1. The average Bonchev–Trinajstić information content (AvgIpc) is 2.33. The summed E-state index contributed by atoms with van der Waals surface area (Å²) in [6, 6.07) is 0. The number of ether oxygens (including phenoxy) is 1. The highest BCUT2D eigenvalue weighted by atomic mass is 16.5. The Morgan fingerprint density at radius 3 is 1.84 bits per heavy atom. The molecule has 0 aliphatic rings. The summed E-state index contributed by atoms with van der Waals surface area (Å²) in [7, 11) is 0. The Morgan fingerprint density at radius 2 is 1.53 bits per heavy atom. The van der Waals surface area contributed by atoms with E-state index in [2.05, 4.69) is 4.74 Å². The molecular weight excluding hydrogens is 260 g/mol. The van der Waals surface area contributed by atoms with E-state index in [1.54, 1.807) is 0 Å². The van der Waals surface area contributed by atoms with Crippen LogP contribution in [0.1, 0.15) is 26.7 Å². The van der Waals surface area contributed by atoms with Crippen LogP contribution in [0.5, 0.6) is 0 Å². The first-order chi connectivity index (χ1) is 8.70. The maximum atomic E-state index is 10.7. The number of aliphatic hydroxyl groups is 2. The van der Waals surface area contributed by atoms with Gasteiger partial charge in [-0.25, -0.2) is 0 Å². The van der Waals surface area contributed by atoms with Crippen molar-refractivity contribution in [3.8, 4) is 0 Å². The number of rotatable bonds is 7. The lowest BCUT2D eigenvalue weighted by Gasteiger charge is -2.07. The van der Waals surface area contributed by atoms with Gasteiger partial charge in [-0.2, -0.15) is 0 Å². The number of hydrogen-bond acceptors (Lipinski definition) is 7. The van der Waals surface area contributed by atoms with Crippen LogP contribution in [0.4, 0.5) is 0 Å². The molecule has 1 atom stereocenters. The number of aliphatic carboxylic acids is 1. The summed E-state index contributed by atoms with van der Waals surface area (Å²) in [6.45, 7) is 1.70. The minimum absolute atomic E-state index is 0.229. The zero-order valence-corrected chi connectivity index (χ0v) is 10.8. The van der Waals surface area contributed by atoms with Crippen molar-refractivity contribution >= 4 is 23.5 Å². The van der Waals surface area contributed by atoms with Gasteiger partial charge in [-0.3, -0.25) is 19.2 Å². The Bertz CT molecular complexity index is 311. The summed E-state index contributed by atoms with van der Waals surface area (Å²) >= 11 is 0. The van der Waals surface area contributed by atoms with Gasteiger partial charge in [-0.05, 0) is 0 Å². The second-order valence-electron chi connectivity index (χ2n) is 3.53. The highest BCUT2D eigenvalue weighted by molar-refractivity contribution is 6.35. The third kappa shape index (κ3) is 16.2. The number of hydrogen-bond donors (Lipinski definition) is 3. The van der Waals surface area contributed by atoms with E-state index in [-0.39, 0.29) is 31.0 Å². The molecule has 0 bridgehead atoms. The van der Waals surface area contributed by atoms with Crippen LogP contribution in [0, 0.1) is 0 Å². The fourth-order valence-corrected chi connectivity index (χ4v) is 0.523. The van der Waals surface area contributed by atoms with E-state index >= 15 is 0 Å². The predicted octanol–water partition coefficient (Wildman–Crippen LogP) is -1.09. The number of carbonyl (C=O) groups excluding carboxylic acids is 3. The standard InChI is InChI=1S/C7H12O6.C4H6O2/c8-3-5(9)4-13-7(12)2-1-6(10)11;1-3(5)4(2)6/h5,8-9H,1-4H2,(H,10,11);1-2H3. The second kappa shape index (κ2) is 11.3. The average molecular weight is 278 g/mol. The van der Waals surface area contributed by atoms with Crippen LogP contribution in [0.15, 0.2) is 0 Å². The molecule has 0 saturated heterocycles. The third-order valence-electron chi connectivity index (χ3n) is 1.69. The summed E-state index contributed by atoms with van der Waals surface area (Å²) in [5.41, 5.74) is 0. The van der Waals surface area contributed by atoms with Crippen molar-refractivity contribution < 1.29 is 39.2 Å². The Morgan fingerprint density at radius 1 is 1.05 bits per heavy atom. The van der Waals surface area contributed by atoms with Crippen LogP contribution in [0.2, 0.25) is 0 Å². The molecule has 1 unspecified atom stereocenters. The molecule has 8 nitrogen and oxygen atoms in total. The van der Waals surface area contributed by atoms with Gasteiger partial charge in [0.15, 0.2) is 11.6 Å². The van der Waals surface area contributed by atoms with Crippen LogP contribution in [0.25, 0.3) is 0 Å². The molecule has 3 N–H and O–H groups in total. The second-order valence-corrected chi connectivity index (χ2v) is 3.53. The zero-order valence-electron chi connectivity index (χ0n) is 10.8. The van der Waals surface area contributed by atoms with Crippen molar-refractivity contribution in [3.05, 3.63) is 0 Å². The van der Waals surface area contributed by atoms with E-state index in [0.29, 0.717) is 0 Å². The van der Waals surface area contributed by atoms with Crippen molar-refractivity contribution in [2.24, 2.45) is 0 Å². The molecule has 0 amide bonds. The van der Waals surface area contributed by atoms with E-state index in [1.165, 1.54) is 13.8 Å². The van der Waals surface area contributed by atoms with Gasteiger partial charge in [0.2, 0.25) is 0 Å². The van der Waals surface area contributed by atoms with Crippen LogP contribution >= 0.6 is 0 Å². The quantitative estimate of drug-likeness (QED) is 0.394. The molecule has 0 rings (SSSR count). The third-order valence-corrected chi connectivity index (χ3v) is 1.69. The molecule has 19 heavy (non-hydrogen) atoms. The molecule has 0 aliphatic carbocycles. The summed E-state index contributed by atoms with van der Waals surface area (Å²) in [4.78, 5) is 40.3. The van der Waals surface area contributed by atoms with Crippen LogP contribution in [-0.2, 0) is 23.9 Å². The zero-order chi connectivity index (χ0) is 15.4. The van der Waals surface area contributed by atoms with Crippen molar-refractivity contribution in [2.45, 2.75) is 32.8 Å². The Kier molecular flexibility index (Phi) is 11.6. The van der Waals surface area contributed by atoms with Gasteiger partial charge in [0.1, 0.15) is 12.7 Å². The van der Waals surface area contributed by atoms with Gasteiger partial charge < -0.3 is 20.1 Å². The Labute approximate surface area is 110 Å². The lowest BCUT2D eigenvalue weighted by molar-refractivity contribution is -0.150. The molecule has 0 saturated carbocycles. The van der Waals surface area contributed by atoms with Crippen molar-refractivity contribution in [1.82, 2.24) is 0 Å². The number of carbonyl (C=O) groups is 4. The van der Waals surface area contributed by atoms with Crippen LogP contribution in [0.3, 0.4) is 0 Å². The summed E-state index contributed by atoms with van der Waals surface area (Å²) in [6.07, 6.45) is -1.63. The molecule has 0 aromatic heterocycles. The molecule has 0 aromatic rings. The smallest absolute Gasteiger partial charge is 0.306 e. The number of Topliss-reactive ketones (excluding diaryl/α,β-unsaturated/α-hetero) is 2. The molecule has 110 valence electrons. The van der Waals surface area contributed by atoms with E-state index in [1.807, 2.05) is 0 Å². The first kappa shape index (κ1) is 19.5. The monoisotopic (exact) mass is 278 g/mol. The maximum Gasteiger partial charge on any atom is 0.306 e. The molecule has 0 aliphatic heterocycles. The van der Waals surface area contributed by atoms with Crippen LogP contribution in [-0.4, -0.2) is 58.1 Å². The number of aliphatic hydroxyl groups excluding tert-OH is 2. The lowest BCUT2D eigenvalue weighted by Crippen LogP contribution is -2.22. The van der Waals surface area contributed by atoms with E-state index in [0.717, 1.165) is 0 Å². The van der Waals surface area contributed by atoms with E-state index in [9.17, 15) is 19.2 Å². The Hall–Kier alpha value is -1.80. The van der Waals surface area contributed by atoms with Gasteiger partial charge in [0.05, 0.1) is 19.4 Å². The van der Waals surface area contributed by atoms with E-state index < -0.39 is 24.6 Å². The normalized spacial score (nSPS) is 10.7. The van der Waals surface area contributed by atoms with Crippen molar-refractivity contribution in [2.75, 3.05) is 13.2 Å². The minimum atomic E-state index is -1.10. The molecule has 8 heteroatoms. The summed E-state index contributed by atoms with van der Waals surface area (Å²) in [5.74, 6) is -2.54. The molecular formula is C11H18O8. The van der Waals surface area contributed by atoms with Gasteiger partial charge >= 0.3 is 11.9 Å². The molecule has 0 radical (unpaired) electrons. The predicted molar refractivity (Wildman–Crippen MR) is 62.3 cm³/mol. The highest BCUT2D eigenvalue weighted by Crippen LogP contribution is 1.94. The van der Waals surface area contributed by atoms with Crippen molar-refractivity contribution in [1.29, 1.82) is 0 Å². The SMILES string of the molecule is CC(=O)C(C)=O.O=C(O)CCC(=O)OCC(O)CO. The number of ketones is 2.